The van der Waals surface area contributed by atoms with E-state index in [2.05, 4.69) is 10.3 Å². The Balaban J connectivity index is 1.63. The van der Waals surface area contributed by atoms with Crippen molar-refractivity contribution >= 4 is 40.6 Å². The molecule has 0 aliphatic heterocycles. The number of aromatic nitrogens is 2. The van der Waals surface area contributed by atoms with Gasteiger partial charge in [-0.25, -0.2) is 0 Å². The van der Waals surface area contributed by atoms with E-state index in [4.69, 9.17) is 12.2 Å². The van der Waals surface area contributed by atoms with Crippen LogP contribution in [-0.2, 0) is 22.6 Å². The molecule has 0 bridgehead atoms. The minimum Gasteiger partial charge on any atom is -0.349 e. The van der Waals surface area contributed by atoms with Crippen molar-refractivity contribution in [2.75, 3.05) is 19.4 Å². The number of fused-ring (bicyclic) bond motifs is 1. The topological polar surface area (TPSA) is 87.2 Å². The molecule has 7 nitrogen and oxygen atoms in total. The normalized spacial score (nSPS) is 10.7. The summed E-state index contributed by atoms with van der Waals surface area (Å²) in [6, 6.07) is 14.2. The fourth-order valence-corrected chi connectivity index (χ4v) is 3.16. The van der Waals surface area contributed by atoms with E-state index in [1.165, 1.54) is 9.47 Å². The number of aromatic amines is 1. The van der Waals surface area contributed by atoms with Crippen molar-refractivity contribution in [3.63, 3.8) is 0 Å². The van der Waals surface area contributed by atoms with Crippen LogP contribution in [0.1, 0.15) is 12.0 Å². The Hall–Kier alpha value is -3.26. The Bertz CT molecular complexity index is 1160. The van der Waals surface area contributed by atoms with E-state index in [9.17, 15) is 14.4 Å². The number of nitrogens with zero attached hydrogens (tertiary/aromatic N) is 2. The first-order chi connectivity index (χ1) is 13.8. The second kappa shape index (κ2) is 8.83. The predicted molar refractivity (Wildman–Crippen MR) is 115 cm³/mol. The highest BCUT2D eigenvalue weighted by atomic mass is 32.1. The lowest BCUT2D eigenvalue weighted by molar-refractivity contribution is -0.128. The van der Waals surface area contributed by atoms with Crippen molar-refractivity contribution in [2.24, 2.45) is 0 Å². The van der Waals surface area contributed by atoms with Crippen molar-refractivity contribution in [1.29, 1.82) is 0 Å². The average Bonchev–Trinajstić information content (AvgIpc) is 2.69. The highest BCUT2D eigenvalue weighted by Crippen LogP contribution is 2.11. The summed E-state index contributed by atoms with van der Waals surface area (Å²) >= 11 is 5.26. The maximum absolute atomic E-state index is 12.6. The summed E-state index contributed by atoms with van der Waals surface area (Å²) in [4.78, 5) is 41.2. The van der Waals surface area contributed by atoms with Gasteiger partial charge in [0.1, 0.15) is 0 Å². The van der Waals surface area contributed by atoms with E-state index < -0.39 is 0 Å². The summed E-state index contributed by atoms with van der Waals surface area (Å²) in [5, 5.41) is 3.33. The Labute approximate surface area is 173 Å². The second-order valence-electron chi connectivity index (χ2n) is 6.89. The molecule has 2 amide bonds. The number of anilines is 1. The Kier molecular flexibility index (Phi) is 6.23. The molecule has 0 unspecified atom stereocenters. The van der Waals surface area contributed by atoms with Crippen LogP contribution in [-0.4, -0.2) is 40.4 Å². The third-order valence-corrected chi connectivity index (χ3v) is 4.87. The molecule has 0 atom stereocenters. The number of amides is 2. The van der Waals surface area contributed by atoms with Crippen molar-refractivity contribution in [3.05, 3.63) is 69.2 Å². The summed E-state index contributed by atoms with van der Waals surface area (Å²) in [6.45, 7) is 0.181. The van der Waals surface area contributed by atoms with Gasteiger partial charge in [-0.05, 0) is 42.0 Å². The number of likely N-dealkylation sites (N-methyl/N-ethyl adjacent to an activating group) is 1. The first-order valence-electron chi connectivity index (χ1n) is 9.16. The van der Waals surface area contributed by atoms with E-state index in [0.717, 1.165) is 5.56 Å². The first kappa shape index (κ1) is 20.5. The van der Waals surface area contributed by atoms with Gasteiger partial charge in [-0.2, -0.15) is 0 Å². The number of para-hydroxylation sites is 1. The molecule has 8 heteroatoms. The molecule has 150 valence electrons. The van der Waals surface area contributed by atoms with Crippen LogP contribution in [0.5, 0.6) is 0 Å². The average molecular weight is 410 g/mol. The van der Waals surface area contributed by atoms with Gasteiger partial charge in [-0.1, -0.05) is 24.3 Å². The lowest BCUT2D eigenvalue weighted by Gasteiger charge is -2.11. The molecule has 2 aromatic carbocycles. The van der Waals surface area contributed by atoms with E-state index in [1.54, 1.807) is 56.6 Å². The van der Waals surface area contributed by atoms with Crippen molar-refractivity contribution in [2.45, 2.75) is 19.4 Å². The molecule has 3 rings (SSSR count). The summed E-state index contributed by atoms with van der Waals surface area (Å²) < 4.78 is 1.68. The molecule has 0 aliphatic carbocycles. The lowest BCUT2D eigenvalue weighted by Crippen LogP contribution is -2.25. The molecular weight excluding hydrogens is 388 g/mol. The molecule has 0 radical (unpaired) electrons. The van der Waals surface area contributed by atoms with E-state index in [0.29, 0.717) is 23.0 Å². The zero-order valence-electron chi connectivity index (χ0n) is 16.3. The fraction of sp³-hybridized carbons (Fsp3) is 0.238. The molecule has 0 saturated carbocycles. The molecule has 1 heterocycles. The van der Waals surface area contributed by atoms with Crippen LogP contribution in [0.4, 0.5) is 5.69 Å². The molecule has 0 spiro atoms. The smallest absolute Gasteiger partial charge is 0.262 e. The van der Waals surface area contributed by atoms with Gasteiger partial charge in [0, 0.05) is 32.7 Å². The summed E-state index contributed by atoms with van der Waals surface area (Å²) in [5.74, 6) is -0.212. The van der Waals surface area contributed by atoms with Crippen LogP contribution in [0.15, 0.2) is 53.3 Å². The number of rotatable bonds is 6. The Morgan fingerprint density at radius 2 is 1.79 bits per heavy atom. The van der Waals surface area contributed by atoms with Gasteiger partial charge in [0.15, 0.2) is 4.77 Å². The number of carbonyl (C=O) groups excluding carboxylic acids is 2. The standard InChI is InChI=1S/C21H22N4O3S/c1-24(2)19(27)13-14-7-9-15(10-8-14)22-18(26)11-12-25-20(28)16-5-3-4-6-17(16)23-21(25)29/h3-10H,11-13H2,1-2H3,(H,22,26)(H,23,29). The third kappa shape index (κ3) is 4.97. The second-order valence-corrected chi connectivity index (χ2v) is 7.28. The third-order valence-electron chi connectivity index (χ3n) is 4.54. The SMILES string of the molecule is CN(C)C(=O)Cc1ccc(NC(=O)CCn2c(=S)[nH]c3ccccc3c2=O)cc1. The number of benzene rings is 2. The Morgan fingerprint density at radius 3 is 2.48 bits per heavy atom. The van der Waals surface area contributed by atoms with Gasteiger partial charge in [0.2, 0.25) is 11.8 Å². The van der Waals surface area contributed by atoms with E-state index in [-0.39, 0.29) is 35.1 Å². The number of hydrogen-bond acceptors (Lipinski definition) is 4. The molecule has 2 N–H and O–H groups in total. The number of hydrogen-bond donors (Lipinski definition) is 2. The van der Waals surface area contributed by atoms with E-state index in [1.807, 2.05) is 6.07 Å². The molecule has 29 heavy (non-hydrogen) atoms. The first-order valence-corrected chi connectivity index (χ1v) is 9.57. The highest BCUT2D eigenvalue weighted by Gasteiger charge is 2.09. The monoisotopic (exact) mass is 410 g/mol. The van der Waals surface area contributed by atoms with Gasteiger partial charge >= 0.3 is 0 Å². The van der Waals surface area contributed by atoms with E-state index >= 15 is 0 Å². The number of nitrogens with one attached hydrogen (secondary N) is 2. The number of H-pyrrole nitrogens is 1. The molecular formula is C21H22N4O3S. The molecule has 1 aromatic heterocycles. The van der Waals surface area contributed by atoms with Crippen LogP contribution in [0, 0.1) is 4.77 Å². The molecule has 3 aromatic rings. The molecule has 0 saturated heterocycles. The minimum atomic E-state index is -0.225. The van der Waals surface area contributed by atoms with Crippen molar-refractivity contribution in [3.8, 4) is 0 Å². The maximum Gasteiger partial charge on any atom is 0.262 e. The molecule has 0 fully saturated rings. The van der Waals surface area contributed by atoms with Gasteiger partial charge < -0.3 is 15.2 Å². The lowest BCUT2D eigenvalue weighted by atomic mass is 10.1. The van der Waals surface area contributed by atoms with Gasteiger partial charge in [-0.15, -0.1) is 0 Å². The summed E-state index contributed by atoms with van der Waals surface area (Å²) in [5.41, 5.74) is 1.96. The van der Waals surface area contributed by atoms with Crippen LogP contribution in [0.3, 0.4) is 0 Å². The predicted octanol–water partition coefficient (Wildman–Crippen LogP) is 2.72. The van der Waals surface area contributed by atoms with Gasteiger partial charge in [-0.3, -0.25) is 19.0 Å². The quantitative estimate of drug-likeness (QED) is 0.612. The summed E-state index contributed by atoms with van der Waals surface area (Å²) in [6.07, 6.45) is 0.417. The largest absolute Gasteiger partial charge is 0.349 e. The van der Waals surface area contributed by atoms with Crippen molar-refractivity contribution in [1.82, 2.24) is 14.5 Å². The van der Waals surface area contributed by atoms with Crippen LogP contribution >= 0.6 is 12.2 Å². The van der Waals surface area contributed by atoms with Gasteiger partial charge in [0.05, 0.1) is 17.3 Å². The van der Waals surface area contributed by atoms with Crippen LogP contribution < -0.4 is 10.9 Å². The van der Waals surface area contributed by atoms with Gasteiger partial charge in [0.25, 0.3) is 5.56 Å². The highest BCUT2D eigenvalue weighted by molar-refractivity contribution is 7.71. The van der Waals surface area contributed by atoms with Crippen LogP contribution in [0.25, 0.3) is 10.9 Å². The maximum atomic E-state index is 12.6. The summed E-state index contributed by atoms with van der Waals surface area (Å²) in [7, 11) is 3.42. The Morgan fingerprint density at radius 1 is 1.10 bits per heavy atom. The minimum absolute atomic E-state index is 0.0131. The zero-order valence-corrected chi connectivity index (χ0v) is 17.1. The zero-order chi connectivity index (χ0) is 21.0. The fourth-order valence-electron chi connectivity index (χ4n) is 2.88. The van der Waals surface area contributed by atoms with Crippen LogP contribution in [0.2, 0.25) is 0 Å². The number of carbonyl (C=O) groups is 2. The van der Waals surface area contributed by atoms with Crippen molar-refractivity contribution < 1.29 is 9.59 Å². The molecule has 0 aliphatic rings.